The number of carbonyl (C=O) groups excluding carboxylic acids is 1. The van der Waals surface area contributed by atoms with Gasteiger partial charge in [0.15, 0.2) is 0 Å². The minimum atomic E-state index is -0.393. The van der Waals surface area contributed by atoms with Gasteiger partial charge in [-0.3, -0.25) is 15.1 Å². The van der Waals surface area contributed by atoms with Gasteiger partial charge in [-0.1, -0.05) is 20.8 Å². The van der Waals surface area contributed by atoms with Crippen LogP contribution in [0.3, 0.4) is 0 Å². The van der Waals surface area contributed by atoms with Gasteiger partial charge in [0.25, 0.3) is 0 Å². The molecular weight excluding hydrogens is 268 g/mol. The number of methoxy groups -OCH3 is 2. The van der Waals surface area contributed by atoms with E-state index in [1.807, 2.05) is 34.6 Å². The Bertz CT molecular complexity index is 507. The van der Waals surface area contributed by atoms with Crippen molar-refractivity contribution in [2.24, 2.45) is 5.41 Å². The fraction of sp³-hybridized carbons (Fsp3) is 0.625. The topological polar surface area (TPSA) is 60.5 Å². The summed E-state index contributed by atoms with van der Waals surface area (Å²) in [6.07, 6.45) is 1.78. The van der Waals surface area contributed by atoms with Gasteiger partial charge in [-0.2, -0.15) is 0 Å². The zero-order chi connectivity index (χ0) is 16.2. The molecule has 1 heterocycles. The Kier molecular flexibility index (Phi) is 5.72. The SMILES string of the molecule is COC(=O)C(NCc1ncc(C)c(OC)c1C)C(C)(C)C. The molecule has 0 bridgehead atoms. The average molecular weight is 294 g/mol. The number of pyridine rings is 1. The first-order valence-corrected chi connectivity index (χ1v) is 7.02. The zero-order valence-electron chi connectivity index (χ0n) is 14.0. The molecule has 1 N–H and O–H groups in total. The maximum atomic E-state index is 11.9. The Balaban J connectivity index is 2.94. The van der Waals surface area contributed by atoms with Crippen molar-refractivity contribution in [3.8, 4) is 5.75 Å². The molecule has 0 radical (unpaired) electrons. The molecule has 0 saturated carbocycles. The quantitative estimate of drug-likeness (QED) is 0.845. The second-order valence-corrected chi connectivity index (χ2v) is 6.25. The van der Waals surface area contributed by atoms with E-state index in [0.29, 0.717) is 6.54 Å². The zero-order valence-corrected chi connectivity index (χ0v) is 14.0. The number of hydrogen-bond donors (Lipinski definition) is 1. The van der Waals surface area contributed by atoms with Crippen LogP contribution in [0.5, 0.6) is 5.75 Å². The summed E-state index contributed by atoms with van der Waals surface area (Å²) in [5.74, 6) is 0.575. The highest BCUT2D eigenvalue weighted by atomic mass is 16.5. The van der Waals surface area contributed by atoms with Crippen LogP contribution < -0.4 is 10.1 Å². The Morgan fingerprint density at radius 2 is 1.95 bits per heavy atom. The molecule has 0 saturated heterocycles. The summed E-state index contributed by atoms with van der Waals surface area (Å²) in [5.41, 5.74) is 2.62. The molecule has 1 rings (SSSR count). The van der Waals surface area contributed by atoms with Gasteiger partial charge in [-0.05, 0) is 19.3 Å². The minimum absolute atomic E-state index is 0.240. The van der Waals surface area contributed by atoms with Gasteiger partial charge in [0.2, 0.25) is 0 Å². The van der Waals surface area contributed by atoms with Gasteiger partial charge in [-0.15, -0.1) is 0 Å². The number of hydrogen-bond acceptors (Lipinski definition) is 5. The molecule has 21 heavy (non-hydrogen) atoms. The molecule has 0 aliphatic heterocycles. The van der Waals surface area contributed by atoms with Crippen LogP contribution >= 0.6 is 0 Å². The Hall–Kier alpha value is -1.62. The van der Waals surface area contributed by atoms with E-state index in [0.717, 1.165) is 22.6 Å². The molecule has 1 unspecified atom stereocenters. The Morgan fingerprint density at radius 1 is 1.33 bits per heavy atom. The van der Waals surface area contributed by atoms with Crippen molar-refractivity contribution in [2.75, 3.05) is 14.2 Å². The standard InChI is InChI=1S/C16H26N2O3/c1-10-8-17-12(11(2)13(10)20-6)9-18-14(15(19)21-7)16(3,4)5/h8,14,18H,9H2,1-7H3. The third kappa shape index (κ3) is 4.17. The predicted molar refractivity (Wildman–Crippen MR) is 82.4 cm³/mol. The number of rotatable bonds is 5. The molecule has 5 heteroatoms. The van der Waals surface area contributed by atoms with Crippen molar-refractivity contribution in [2.45, 2.75) is 47.2 Å². The fourth-order valence-electron chi connectivity index (χ4n) is 2.31. The summed E-state index contributed by atoms with van der Waals surface area (Å²) in [6, 6.07) is -0.393. The van der Waals surface area contributed by atoms with Crippen LogP contribution in [-0.2, 0) is 16.1 Å². The Labute approximate surface area is 127 Å². The lowest BCUT2D eigenvalue weighted by molar-refractivity contribution is -0.146. The van der Waals surface area contributed by atoms with E-state index in [-0.39, 0.29) is 11.4 Å². The van der Waals surface area contributed by atoms with Gasteiger partial charge >= 0.3 is 5.97 Å². The van der Waals surface area contributed by atoms with Crippen molar-refractivity contribution in [1.82, 2.24) is 10.3 Å². The first-order chi connectivity index (χ1) is 9.72. The highest BCUT2D eigenvalue weighted by Crippen LogP contribution is 2.25. The van der Waals surface area contributed by atoms with E-state index in [1.165, 1.54) is 7.11 Å². The molecule has 1 atom stereocenters. The van der Waals surface area contributed by atoms with Crippen molar-refractivity contribution in [3.63, 3.8) is 0 Å². The van der Waals surface area contributed by atoms with Crippen molar-refractivity contribution >= 4 is 5.97 Å². The monoisotopic (exact) mass is 294 g/mol. The van der Waals surface area contributed by atoms with Crippen LogP contribution in [0, 0.1) is 19.3 Å². The third-order valence-electron chi connectivity index (χ3n) is 3.53. The summed E-state index contributed by atoms with van der Waals surface area (Å²) in [7, 11) is 3.06. The van der Waals surface area contributed by atoms with Crippen LogP contribution in [-0.4, -0.2) is 31.2 Å². The van der Waals surface area contributed by atoms with Gasteiger partial charge in [0, 0.05) is 23.9 Å². The molecule has 1 aromatic heterocycles. The van der Waals surface area contributed by atoms with Crippen molar-refractivity contribution in [3.05, 3.63) is 23.0 Å². The number of aromatic nitrogens is 1. The minimum Gasteiger partial charge on any atom is -0.496 e. The molecule has 5 nitrogen and oxygen atoms in total. The van der Waals surface area contributed by atoms with E-state index in [1.54, 1.807) is 13.3 Å². The van der Waals surface area contributed by atoms with Crippen LogP contribution in [0.15, 0.2) is 6.20 Å². The van der Waals surface area contributed by atoms with E-state index < -0.39 is 6.04 Å². The largest absolute Gasteiger partial charge is 0.496 e. The predicted octanol–water partition coefficient (Wildman–Crippen LogP) is 2.38. The van der Waals surface area contributed by atoms with Gasteiger partial charge in [0.05, 0.1) is 19.9 Å². The smallest absolute Gasteiger partial charge is 0.323 e. The van der Waals surface area contributed by atoms with Gasteiger partial charge < -0.3 is 9.47 Å². The number of esters is 1. The fourth-order valence-corrected chi connectivity index (χ4v) is 2.31. The van der Waals surface area contributed by atoms with Crippen molar-refractivity contribution < 1.29 is 14.3 Å². The third-order valence-corrected chi connectivity index (χ3v) is 3.53. The normalized spacial score (nSPS) is 12.9. The second kappa shape index (κ2) is 6.89. The first kappa shape index (κ1) is 17.4. The molecule has 0 fully saturated rings. The van der Waals surface area contributed by atoms with Crippen LogP contribution in [0.25, 0.3) is 0 Å². The second-order valence-electron chi connectivity index (χ2n) is 6.25. The highest BCUT2D eigenvalue weighted by Gasteiger charge is 2.32. The molecule has 0 amide bonds. The molecule has 0 aliphatic carbocycles. The van der Waals surface area contributed by atoms with Gasteiger partial charge in [0.1, 0.15) is 11.8 Å². The maximum absolute atomic E-state index is 11.9. The summed E-state index contributed by atoms with van der Waals surface area (Å²) >= 11 is 0. The summed E-state index contributed by atoms with van der Waals surface area (Å²) in [5, 5.41) is 3.25. The summed E-state index contributed by atoms with van der Waals surface area (Å²) in [6.45, 7) is 10.4. The lowest BCUT2D eigenvalue weighted by Crippen LogP contribution is -2.46. The number of aryl methyl sites for hydroxylation is 1. The number of ether oxygens (including phenoxy) is 2. The molecule has 0 aliphatic rings. The maximum Gasteiger partial charge on any atom is 0.323 e. The molecule has 0 spiro atoms. The number of nitrogens with zero attached hydrogens (tertiary/aromatic N) is 1. The van der Waals surface area contributed by atoms with E-state index >= 15 is 0 Å². The Morgan fingerprint density at radius 3 is 2.43 bits per heavy atom. The van der Waals surface area contributed by atoms with E-state index in [4.69, 9.17) is 9.47 Å². The summed E-state index contributed by atoms with van der Waals surface area (Å²) < 4.78 is 10.3. The van der Waals surface area contributed by atoms with E-state index in [9.17, 15) is 4.79 Å². The molecule has 118 valence electrons. The average Bonchev–Trinajstić information content (AvgIpc) is 2.40. The van der Waals surface area contributed by atoms with Crippen LogP contribution in [0.2, 0.25) is 0 Å². The molecule has 1 aromatic rings. The van der Waals surface area contributed by atoms with Gasteiger partial charge in [-0.25, -0.2) is 0 Å². The first-order valence-electron chi connectivity index (χ1n) is 7.02. The van der Waals surface area contributed by atoms with Crippen molar-refractivity contribution in [1.29, 1.82) is 0 Å². The lowest BCUT2D eigenvalue weighted by atomic mass is 9.86. The molecule has 0 aromatic carbocycles. The lowest BCUT2D eigenvalue weighted by Gasteiger charge is -2.29. The van der Waals surface area contributed by atoms with Crippen LogP contribution in [0.1, 0.15) is 37.6 Å². The highest BCUT2D eigenvalue weighted by molar-refractivity contribution is 5.76. The number of carbonyl (C=O) groups is 1. The molecular formula is C16H26N2O3. The number of nitrogens with one attached hydrogen (secondary N) is 1. The van der Waals surface area contributed by atoms with Crippen LogP contribution in [0.4, 0.5) is 0 Å². The summed E-state index contributed by atoms with van der Waals surface area (Å²) in [4.78, 5) is 16.3. The van der Waals surface area contributed by atoms with E-state index in [2.05, 4.69) is 10.3 Å².